The van der Waals surface area contributed by atoms with Crippen molar-refractivity contribution in [1.29, 1.82) is 0 Å². The van der Waals surface area contributed by atoms with Crippen molar-refractivity contribution in [3.63, 3.8) is 0 Å². The molecule has 1 atom stereocenters. The summed E-state index contributed by atoms with van der Waals surface area (Å²) < 4.78 is 36.2. The van der Waals surface area contributed by atoms with Crippen molar-refractivity contribution in [1.82, 2.24) is 0 Å². The SMILES string of the molecule is O=C(Cc1cccc(F)c1Br)CC1CCS(=O)(=O)C1. The summed E-state index contributed by atoms with van der Waals surface area (Å²) in [4.78, 5) is 11.9. The third kappa shape index (κ3) is 3.86. The molecule has 0 bridgehead atoms. The Hall–Kier alpha value is -0.750. The first-order valence-corrected chi connectivity index (χ1v) is 8.64. The molecule has 0 aliphatic carbocycles. The summed E-state index contributed by atoms with van der Waals surface area (Å²) in [6.45, 7) is 0. The third-order valence-corrected chi connectivity index (χ3v) is 5.99. The molecule has 0 radical (unpaired) electrons. The molecule has 0 saturated carbocycles. The number of halogens is 2. The molecule has 1 unspecified atom stereocenters. The van der Waals surface area contributed by atoms with Crippen LogP contribution < -0.4 is 0 Å². The van der Waals surface area contributed by atoms with Crippen LogP contribution in [-0.4, -0.2) is 25.7 Å². The topological polar surface area (TPSA) is 51.2 Å². The van der Waals surface area contributed by atoms with Crippen molar-refractivity contribution in [3.05, 3.63) is 34.1 Å². The third-order valence-electron chi connectivity index (χ3n) is 3.26. The average Bonchev–Trinajstić information content (AvgIpc) is 2.64. The Kier molecular flexibility index (Phi) is 4.40. The molecule has 2 rings (SSSR count). The van der Waals surface area contributed by atoms with E-state index in [1.165, 1.54) is 6.07 Å². The van der Waals surface area contributed by atoms with E-state index in [9.17, 15) is 17.6 Å². The van der Waals surface area contributed by atoms with Gasteiger partial charge in [0.05, 0.1) is 16.0 Å². The zero-order chi connectivity index (χ0) is 14.0. The maximum absolute atomic E-state index is 13.3. The van der Waals surface area contributed by atoms with Crippen LogP contribution in [0.15, 0.2) is 22.7 Å². The number of Topliss-reactive ketones (excluding diaryl/α,β-unsaturated/α-hetero) is 1. The molecule has 1 heterocycles. The van der Waals surface area contributed by atoms with Crippen molar-refractivity contribution >= 4 is 31.6 Å². The van der Waals surface area contributed by atoms with Crippen LogP contribution in [0, 0.1) is 11.7 Å². The molecule has 6 heteroatoms. The standard InChI is InChI=1S/C13H14BrFO3S/c14-13-10(2-1-3-12(13)15)7-11(16)6-9-4-5-19(17,18)8-9/h1-3,9H,4-8H2. The van der Waals surface area contributed by atoms with E-state index in [4.69, 9.17) is 0 Å². The highest BCUT2D eigenvalue weighted by atomic mass is 79.9. The molecule has 104 valence electrons. The number of carbonyl (C=O) groups excluding carboxylic acids is 1. The minimum atomic E-state index is -2.95. The Balaban J connectivity index is 1.97. The number of hydrogen-bond acceptors (Lipinski definition) is 3. The maximum Gasteiger partial charge on any atom is 0.150 e. The quantitative estimate of drug-likeness (QED) is 0.839. The molecule has 1 aromatic rings. The van der Waals surface area contributed by atoms with Crippen molar-refractivity contribution in [2.75, 3.05) is 11.5 Å². The number of ketones is 1. The van der Waals surface area contributed by atoms with Gasteiger partial charge in [-0.3, -0.25) is 4.79 Å². The summed E-state index contributed by atoms with van der Waals surface area (Å²) in [5.74, 6) is -0.246. The second-order valence-corrected chi connectivity index (χ2v) is 7.92. The van der Waals surface area contributed by atoms with Crippen LogP contribution >= 0.6 is 15.9 Å². The summed E-state index contributed by atoms with van der Waals surface area (Å²) in [5.41, 5.74) is 0.603. The predicted molar refractivity (Wildman–Crippen MR) is 74.2 cm³/mol. The van der Waals surface area contributed by atoms with E-state index in [1.807, 2.05) is 0 Å². The summed E-state index contributed by atoms with van der Waals surface area (Å²) in [6, 6.07) is 4.57. The first-order valence-electron chi connectivity index (χ1n) is 6.02. The van der Waals surface area contributed by atoms with Crippen LogP contribution in [-0.2, 0) is 21.1 Å². The van der Waals surface area contributed by atoms with Gasteiger partial charge in [0.2, 0.25) is 0 Å². The summed E-state index contributed by atoms with van der Waals surface area (Å²) in [5, 5.41) is 0. The van der Waals surface area contributed by atoms with E-state index >= 15 is 0 Å². The van der Waals surface area contributed by atoms with Crippen LogP contribution in [0.3, 0.4) is 0 Å². The zero-order valence-corrected chi connectivity index (χ0v) is 12.6. The van der Waals surface area contributed by atoms with E-state index in [0.717, 1.165) is 0 Å². The molecule has 19 heavy (non-hydrogen) atoms. The van der Waals surface area contributed by atoms with Crippen LogP contribution in [0.5, 0.6) is 0 Å². The molecule has 0 N–H and O–H groups in total. The number of hydrogen-bond donors (Lipinski definition) is 0. The minimum Gasteiger partial charge on any atom is -0.299 e. The zero-order valence-electron chi connectivity index (χ0n) is 10.2. The molecule has 1 fully saturated rings. The normalized spacial score (nSPS) is 21.5. The Morgan fingerprint density at radius 1 is 1.42 bits per heavy atom. The van der Waals surface area contributed by atoms with Gasteiger partial charge in [-0.05, 0) is 39.9 Å². The first-order chi connectivity index (χ1) is 8.87. The average molecular weight is 349 g/mol. The Labute approximate surface area is 120 Å². The van der Waals surface area contributed by atoms with Gasteiger partial charge in [0.1, 0.15) is 11.6 Å². The Morgan fingerprint density at radius 2 is 2.16 bits per heavy atom. The van der Waals surface area contributed by atoms with E-state index in [2.05, 4.69) is 15.9 Å². The fourth-order valence-corrected chi connectivity index (χ4v) is 4.59. The van der Waals surface area contributed by atoms with Crippen LogP contribution in [0.4, 0.5) is 4.39 Å². The number of benzene rings is 1. The lowest BCUT2D eigenvalue weighted by Crippen LogP contribution is -2.12. The fourth-order valence-electron chi connectivity index (χ4n) is 2.32. The van der Waals surface area contributed by atoms with Gasteiger partial charge in [-0.2, -0.15) is 0 Å². The van der Waals surface area contributed by atoms with Crippen molar-refractivity contribution in [2.45, 2.75) is 19.3 Å². The van der Waals surface area contributed by atoms with Gasteiger partial charge < -0.3 is 0 Å². The smallest absolute Gasteiger partial charge is 0.150 e. The number of carbonyl (C=O) groups is 1. The molecule has 1 aliphatic rings. The molecular formula is C13H14BrFO3S. The summed E-state index contributed by atoms with van der Waals surface area (Å²) in [7, 11) is -2.95. The monoisotopic (exact) mass is 348 g/mol. The lowest BCUT2D eigenvalue weighted by Gasteiger charge is -2.08. The lowest BCUT2D eigenvalue weighted by atomic mass is 9.98. The van der Waals surface area contributed by atoms with Gasteiger partial charge in [-0.1, -0.05) is 12.1 Å². The second-order valence-electron chi connectivity index (χ2n) is 4.90. The predicted octanol–water partition coefficient (Wildman–Crippen LogP) is 2.52. The van der Waals surface area contributed by atoms with Crippen molar-refractivity contribution < 1.29 is 17.6 Å². The lowest BCUT2D eigenvalue weighted by molar-refractivity contribution is -0.119. The molecule has 1 aromatic carbocycles. The highest BCUT2D eigenvalue weighted by Gasteiger charge is 2.29. The molecule has 0 amide bonds. The molecule has 0 aromatic heterocycles. The van der Waals surface area contributed by atoms with Gasteiger partial charge in [0, 0.05) is 12.8 Å². The molecule has 0 spiro atoms. The molecule has 1 saturated heterocycles. The van der Waals surface area contributed by atoms with Gasteiger partial charge in [0.25, 0.3) is 0 Å². The van der Waals surface area contributed by atoms with Crippen molar-refractivity contribution in [2.24, 2.45) is 5.92 Å². The van der Waals surface area contributed by atoms with Gasteiger partial charge in [-0.15, -0.1) is 0 Å². The largest absolute Gasteiger partial charge is 0.299 e. The molecule has 1 aliphatic heterocycles. The Bertz CT molecular complexity index is 598. The highest BCUT2D eigenvalue weighted by Crippen LogP contribution is 2.25. The second kappa shape index (κ2) is 5.71. The van der Waals surface area contributed by atoms with Gasteiger partial charge in [-0.25, -0.2) is 12.8 Å². The van der Waals surface area contributed by atoms with Crippen LogP contribution in [0.2, 0.25) is 0 Å². The minimum absolute atomic E-state index is 0.0478. The van der Waals surface area contributed by atoms with Crippen molar-refractivity contribution in [3.8, 4) is 0 Å². The van der Waals surface area contributed by atoms with Crippen LogP contribution in [0.1, 0.15) is 18.4 Å². The number of sulfone groups is 1. The summed E-state index contributed by atoms with van der Waals surface area (Å²) in [6.07, 6.45) is 0.940. The summed E-state index contributed by atoms with van der Waals surface area (Å²) >= 11 is 3.12. The van der Waals surface area contributed by atoms with Gasteiger partial charge in [0.15, 0.2) is 9.84 Å². The van der Waals surface area contributed by atoms with Gasteiger partial charge >= 0.3 is 0 Å². The van der Waals surface area contributed by atoms with E-state index in [1.54, 1.807) is 12.1 Å². The molecular weight excluding hydrogens is 335 g/mol. The van der Waals surface area contributed by atoms with Crippen LogP contribution in [0.25, 0.3) is 0 Å². The van der Waals surface area contributed by atoms with E-state index < -0.39 is 15.7 Å². The van der Waals surface area contributed by atoms with E-state index in [0.29, 0.717) is 16.5 Å². The fraction of sp³-hybridized carbons (Fsp3) is 0.462. The number of rotatable bonds is 4. The first kappa shape index (κ1) is 14.7. The highest BCUT2D eigenvalue weighted by molar-refractivity contribution is 9.10. The van der Waals surface area contributed by atoms with E-state index in [-0.39, 0.29) is 36.0 Å². The molecule has 3 nitrogen and oxygen atoms in total. The maximum atomic E-state index is 13.3. The Morgan fingerprint density at radius 3 is 2.79 bits per heavy atom.